The average molecular weight is 268 g/mol. The van der Waals surface area contributed by atoms with Gasteiger partial charge in [0.05, 0.1) is 0 Å². The van der Waals surface area contributed by atoms with Gasteiger partial charge in [-0.15, -0.1) is 0 Å². The molecular formula is C16H32N2O. The van der Waals surface area contributed by atoms with Gasteiger partial charge in [-0.2, -0.15) is 0 Å². The Morgan fingerprint density at radius 3 is 2.74 bits per heavy atom. The number of hydrogen-bond donors (Lipinski definition) is 2. The minimum Gasteiger partial charge on any atom is -0.396 e. The molecule has 0 spiro atoms. The molecule has 0 aromatic heterocycles. The Labute approximate surface area is 118 Å². The van der Waals surface area contributed by atoms with Gasteiger partial charge in [0, 0.05) is 25.7 Å². The van der Waals surface area contributed by atoms with E-state index < -0.39 is 0 Å². The Hall–Kier alpha value is -0.120. The molecule has 0 aromatic carbocycles. The molecule has 3 atom stereocenters. The summed E-state index contributed by atoms with van der Waals surface area (Å²) in [6.07, 6.45) is 5.26. The Bertz CT molecular complexity index is 280. The van der Waals surface area contributed by atoms with Crippen LogP contribution in [-0.2, 0) is 0 Å². The van der Waals surface area contributed by atoms with Crippen LogP contribution in [0.2, 0.25) is 0 Å². The normalized spacial score (nSPS) is 35.7. The second-order valence-corrected chi connectivity index (χ2v) is 7.27. The highest BCUT2D eigenvalue weighted by Crippen LogP contribution is 2.39. The van der Waals surface area contributed by atoms with Crippen molar-refractivity contribution in [2.24, 2.45) is 17.3 Å². The fourth-order valence-electron chi connectivity index (χ4n) is 4.20. The Morgan fingerprint density at radius 1 is 1.32 bits per heavy atom. The minimum atomic E-state index is 0.364. The van der Waals surface area contributed by atoms with E-state index in [1.165, 1.54) is 38.8 Å². The predicted molar refractivity (Wildman–Crippen MR) is 80.2 cm³/mol. The molecule has 1 saturated carbocycles. The summed E-state index contributed by atoms with van der Waals surface area (Å²) in [5, 5.41) is 13.0. The zero-order valence-corrected chi connectivity index (χ0v) is 13.0. The molecule has 0 amide bonds. The fourth-order valence-corrected chi connectivity index (χ4v) is 4.20. The molecule has 2 aliphatic rings. The molecule has 3 heteroatoms. The summed E-state index contributed by atoms with van der Waals surface area (Å²) in [5.41, 5.74) is 0.426. The number of nitrogens with zero attached hydrogens (tertiary/aromatic N) is 1. The molecule has 1 aliphatic heterocycles. The molecule has 1 heterocycles. The van der Waals surface area contributed by atoms with Gasteiger partial charge in [-0.05, 0) is 49.6 Å². The van der Waals surface area contributed by atoms with Gasteiger partial charge >= 0.3 is 0 Å². The van der Waals surface area contributed by atoms with Crippen LogP contribution in [0.3, 0.4) is 0 Å². The van der Waals surface area contributed by atoms with E-state index in [9.17, 15) is 5.11 Å². The van der Waals surface area contributed by atoms with Gasteiger partial charge in [-0.1, -0.05) is 27.2 Å². The molecule has 0 radical (unpaired) electrons. The summed E-state index contributed by atoms with van der Waals surface area (Å²) < 4.78 is 0. The van der Waals surface area contributed by atoms with Crippen LogP contribution < -0.4 is 5.32 Å². The molecule has 1 aliphatic carbocycles. The quantitative estimate of drug-likeness (QED) is 0.801. The number of hydrogen-bond acceptors (Lipinski definition) is 3. The van der Waals surface area contributed by atoms with Crippen LogP contribution in [0.4, 0.5) is 0 Å². The summed E-state index contributed by atoms with van der Waals surface area (Å²) in [6.45, 7) is 12.0. The van der Waals surface area contributed by atoms with Crippen molar-refractivity contribution >= 4 is 0 Å². The molecule has 2 fully saturated rings. The Balaban J connectivity index is 1.93. The molecule has 19 heavy (non-hydrogen) atoms. The first-order valence-electron chi connectivity index (χ1n) is 8.13. The molecule has 2 N–H and O–H groups in total. The zero-order valence-electron chi connectivity index (χ0n) is 13.0. The highest BCUT2D eigenvalue weighted by molar-refractivity contribution is 4.95. The van der Waals surface area contributed by atoms with Crippen LogP contribution in [0.15, 0.2) is 0 Å². The van der Waals surface area contributed by atoms with E-state index in [2.05, 4.69) is 31.0 Å². The van der Waals surface area contributed by atoms with Crippen LogP contribution in [0.5, 0.6) is 0 Å². The van der Waals surface area contributed by atoms with E-state index >= 15 is 0 Å². The van der Waals surface area contributed by atoms with Gasteiger partial charge in [0.1, 0.15) is 0 Å². The highest BCUT2D eigenvalue weighted by atomic mass is 16.3. The van der Waals surface area contributed by atoms with Crippen molar-refractivity contribution in [3.63, 3.8) is 0 Å². The third-order valence-electron chi connectivity index (χ3n) is 5.25. The maximum Gasteiger partial charge on any atom is 0.0471 e. The van der Waals surface area contributed by atoms with Crippen LogP contribution >= 0.6 is 0 Å². The van der Waals surface area contributed by atoms with Crippen molar-refractivity contribution in [3.8, 4) is 0 Å². The standard InChI is InChI=1S/C16H32N2O/c1-4-17-15-14(6-5-8-16(15,2)3)11-18-9-7-13(10-18)12-19/h13-15,17,19H,4-12H2,1-3H3. The van der Waals surface area contributed by atoms with Crippen molar-refractivity contribution in [2.75, 3.05) is 32.8 Å². The Kier molecular flexibility index (Phi) is 5.27. The summed E-state index contributed by atoms with van der Waals surface area (Å²) in [6, 6.07) is 0.652. The smallest absolute Gasteiger partial charge is 0.0471 e. The van der Waals surface area contributed by atoms with Crippen molar-refractivity contribution in [2.45, 2.75) is 52.5 Å². The monoisotopic (exact) mass is 268 g/mol. The fraction of sp³-hybridized carbons (Fsp3) is 1.00. The SMILES string of the molecule is CCNC1C(CN2CCC(CO)C2)CCCC1(C)C. The van der Waals surface area contributed by atoms with Gasteiger partial charge < -0.3 is 15.3 Å². The summed E-state index contributed by atoms with van der Waals surface area (Å²) >= 11 is 0. The predicted octanol–water partition coefficient (Wildman–Crippen LogP) is 2.10. The molecule has 0 aromatic rings. The van der Waals surface area contributed by atoms with Gasteiger partial charge in [0.25, 0.3) is 0 Å². The van der Waals surface area contributed by atoms with E-state index in [4.69, 9.17) is 0 Å². The summed E-state index contributed by atoms with van der Waals surface area (Å²) in [4.78, 5) is 2.58. The molecule has 112 valence electrons. The third kappa shape index (κ3) is 3.71. The summed E-state index contributed by atoms with van der Waals surface area (Å²) in [5.74, 6) is 1.30. The van der Waals surface area contributed by atoms with Crippen molar-refractivity contribution in [1.82, 2.24) is 10.2 Å². The first-order valence-corrected chi connectivity index (χ1v) is 8.13. The molecular weight excluding hydrogens is 236 g/mol. The highest BCUT2D eigenvalue weighted by Gasteiger charge is 2.39. The largest absolute Gasteiger partial charge is 0.396 e. The van der Waals surface area contributed by atoms with Gasteiger partial charge in [-0.25, -0.2) is 0 Å². The van der Waals surface area contributed by atoms with E-state index in [1.54, 1.807) is 0 Å². The van der Waals surface area contributed by atoms with E-state index in [0.717, 1.165) is 19.0 Å². The minimum absolute atomic E-state index is 0.364. The lowest BCUT2D eigenvalue weighted by atomic mass is 9.67. The van der Waals surface area contributed by atoms with Gasteiger partial charge in [0.2, 0.25) is 0 Å². The van der Waals surface area contributed by atoms with Crippen LogP contribution in [0.25, 0.3) is 0 Å². The van der Waals surface area contributed by atoms with E-state index in [-0.39, 0.29) is 0 Å². The number of likely N-dealkylation sites (tertiary alicyclic amines) is 1. The molecule has 3 nitrogen and oxygen atoms in total. The van der Waals surface area contributed by atoms with Crippen LogP contribution in [0, 0.1) is 17.3 Å². The number of aliphatic hydroxyl groups is 1. The molecule has 0 bridgehead atoms. The number of aliphatic hydroxyl groups excluding tert-OH is 1. The lowest BCUT2D eigenvalue weighted by molar-refractivity contribution is 0.0840. The average Bonchev–Trinajstić information content (AvgIpc) is 2.81. The first-order chi connectivity index (χ1) is 9.06. The third-order valence-corrected chi connectivity index (χ3v) is 5.25. The number of nitrogens with one attached hydrogen (secondary N) is 1. The van der Waals surface area contributed by atoms with Crippen molar-refractivity contribution in [3.05, 3.63) is 0 Å². The summed E-state index contributed by atoms with van der Waals surface area (Å²) in [7, 11) is 0. The molecule has 1 saturated heterocycles. The van der Waals surface area contributed by atoms with Gasteiger partial charge in [0.15, 0.2) is 0 Å². The van der Waals surface area contributed by atoms with Crippen molar-refractivity contribution < 1.29 is 5.11 Å². The lowest BCUT2D eigenvalue weighted by Crippen LogP contribution is -2.52. The van der Waals surface area contributed by atoms with Crippen LogP contribution in [-0.4, -0.2) is 48.8 Å². The number of rotatable bonds is 5. The van der Waals surface area contributed by atoms with E-state index in [1.807, 2.05) is 0 Å². The molecule has 3 unspecified atom stereocenters. The zero-order chi connectivity index (χ0) is 13.9. The first kappa shape index (κ1) is 15.3. The van der Waals surface area contributed by atoms with Crippen LogP contribution in [0.1, 0.15) is 46.5 Å². The second-order valence-electron chi connectivity index (χ2n) is 7.27. The lowest BCUT2D eigenvalue weighted by Gasteiger charge is -2.45. The second kappa shape index (κ2) is 6.55. The Morgan fingerprint density at radius 2 is 2.11 bits per heavy atom. The topological polar surface area (TPSA) is 35.5 Å². The van der Waals surface area contributed by atoms with Crippen molar-refractivity contribution in [1.29, 1.82) is 0 Å². The van der Waals surface area contributed by atoms with E-state index in [0.29, 0.717) is 24.0 Å². The maximum atomic E-state index is 9.27. The van der Waals surface area contributed by atoms with Gasteiger partial charge in [-0.3, -0.25) is 0 Å². The maximum absolute atomic E-state index is 9.27. The molecule has 2 rings (SSSR count).